The van der Waals surface area contributed by atoms with E-state index in [1.165, 1.54) is 16.7 Å². The fourth-order valence-electron chi connectivity index (χ4n) is 2.55. The average molecular weight is 243 g/mol. The van der Waals surface area contributed by atoms with Gasteiger partial charge in [0.05, 0.1) is 12.8 Å². The molecule has 0 amide bonds. The highest BCUT2D eigenvalue weighted by Gasteiger charge is 2.21. The summed E-state index contributed by atoms with van der Waals surface area (Å²) in [6, 6.07) is 6.23. The molecule has 0 fully saturated rings. The van der Waals surface area contributed by atoms with Crippen molar-refractivity contribution in [1.29, 1.82) is 0 Å². The molecule has 0 spiro atoms. The first-order valence-electron chi connectivity index (χ1n) is 6.32. The molecule has 0 atom stereocenters. The molecule has 0 saturated heterocycles. The van der Waals surface area contributed by atoms with Gasteiger partial charge in [-0.2, -0.15) is 5.10 Å². The predicted molar refractivity (Wildman–Crippen MR) is 72.1 cm³/mol. The molecular weight excluding hydrogens is 226 g/mol. The Hall–Kier alpha value is -1.97. The van der Waals surface area contributed by atoms with Crippen LogP contribution in [-0.2, 0) is 12.8 Å². The third-order valence-electron chi connectivity index (χ3n) is 3.44. The normalized spacial score (nSPS) is 12.8. The molecule has 1 aromatic heterocycles. The molecule has 4 nitrogen and oxygen atoms in total. The van der Waals surface area contributed by atoms with Crippen molar-refractivity contribution in [2.75, 3.05) is 19.0 Å². The van der Waals surface area contributed by atoms with Gasteiger partial charge in [-0.05, 0) is 43.5 Å². The van der Waals surface area contributed by atoms with Gasteiger partial charge >= 0.3 is 0 Å². The van der Waals surface area contributed by atoms with Gasteiger partial charge in [-0.3, -0.25) is 5.10 Å². The lowest BCUT2D eigenvalue weighted by atomic mass is 9.90. The van der Waals surface area contributed by atoms with E-state index in [0.29, 0.717) is 0 Å². The van der Waals surface area contributed by atoms with E-state index >= 15 is 0 Å². The molecule has 1 aromatic carbocycles. The molecule has 4 heteroatoms. The second-order valence-corrected chi connectivity index (χ2v) is 4.48. The van der Waals surface area contributed by atoms with Gasteiger partial charge in [-0.25, -0.2) is 0 Å². The van der Waals surface area contributed by atoms with Gasteiger partial charge in [0.15, 0.2) is 5.82 Å². The Kier molecular flexibility index (Phi) is 2.70. The van der Waals surface area contributed by atoms with Crippen molar-refractivity contribution in [1.82, 2.24) is 10.2 Å². The lowest BCUT2D eigenvalue weighted by Crippen LogP contribution is -2.06. The smallest absolute Gasteiger partial charge is 0.151 e. The first kappa shape index (κ1) is 11.1. The second-order valence-electron chi connectivity index (χ2n) is 4.48. The summed E-state index contributed by atoms with van der Waals surface area (Å²) in [5.41, 5.74) is 5.02. The number of aryl methyl sites for hydroxylation is 1. The Bertz CT molecular complexity index is 574. The zero-order valence-corrected chi connectivity index (χ0v) is 10.7. The Balaban J connectivity index is 2.06. The van der Waals surface area contributed by atoms with Crippen LogP contribution in [0.1, 0.15) is 18.1 Å². The number of fused-ring (bicyclic) bond motifs is 3. The zero-order valence-electron chi connectivity index (χ0n) is 10.7. The minimum atomic E-state index is 0.896. The lowest BCUT2D eigenvalue weighted by Gasteiger charge is -2.17. The van der Waals surface area contributed by atoms with Gasteiger partial charge in [-0.15, -0.1) is 0 Å². The number of methoxy groups -OCH3 is 1. The molecule has 94 valence electrons. The van der Waals surface area contributed by atoms with Crippen molar-refractivity contribution in [3.63, 3.8) is 0 Å². The fourth-order valence-corrected chi connectivity index (χ4v) is 2.55. The van der Waals surface area contributed by atoms with E-state index in [0.717, 1.165) is 36.6 Å². The Morgan fingerprint density at radius 1 is 1.39 bits per heavy atom. The summed E-state index contributed by atoms with van der Waals surface area (Å²) < 4.78 is 5.27. The van der Waals surface area contributed by atoms with Crippen LogP contribution in [0.4, 0.5) is 5.82 Å². The van der Waals surface area contributed by atoms with Crippen LogP contribution in [0.15, 0.2) is 18.2 Å². The average Bonchev–Trinajstić information content (AvgIpc) is 2.82. The van der Waals surface area contributed by atoms with Gasteiger partial charge in [0, 0.05) is 17.7 Å². The highest BCUT2D eigenvalue weighted by Crippen LogP contribution is 2.36. The van der Waals surface area contributed by atoms with Crippen molar-refractivity contribution in [2.45, 2.75) is 19.8 Å². The number of H-pyrrole nitrogens is 1. The van der Waals surface area contributed by atoms with Crippen LogP contribution in [0.25, 0.3) is 11.3 Å². The van der Waals surface area contributed by atoms with Crippen LogP contribution < -0.4 is 10.1 Å². The number of rotatable bonds is 3. The Morgan fingerprint density at radius 3 is 3.06 bits per heavy atom. The van der Waals surface area contributed by atoms with E-state index in [1.54, 1.807) is 7.11 Å². The molecular formula is C14H17N3O. The minimum Gasteiger partial charge on any atom is -0.497 e. The number of aromatic nitrogens is 2. The van der Waals surface area contributed by atoms with E-state index < -0.39 is 0 Å². The largest absolute Gasteiger partial charge is 0.497 e. The maximum atomic E-state index is 5.27. The van der Waals surface area contributed by atoms with Gasteiger partial charge in [0.1, 0.15) is 5.75 Å². The molecule has 0 unspecified atom stereocenters. The third-order valence-corrected chi connectivity index (χ3v) is 3.44. The highest BCUT2D eigenvalue weighted by molar-refractivity contribution is 5.74. The minimum absolute atomic E-state index is 0.896. The maximum Gasteiger partial charge on any atom is 0.151 e. The summed E-state index contributed by atoms with van der Waals surface area (Å²) in [5.74, 6) is 1.91. The molecule has 3 rings (SSSR count). The van der Waals surface area contributed by atoms with Gasteiger partial charge in [0.25, 0.3) is 0 Å². The Labute approximate surface area is 106 Å². The molecule has 2 N–H and O–H groups in total. The number of ether oxygens (including phenoxy) is 1. The fraction of sp³-hybridized carbons (Fsp3) is 0.357. The number of aromatic amines is 1. The van der Waals surface area contributed by atoms with Crippen molar-refractivity contribution in [2.24, 2.45) is 0 Å². The summed E-state index contributed by atoms with van der Waals surface area (Å²) >= 11 is 0. The molecule has 0 bridgehead atoms. The number of nitrogens with one attached hydrogen (secondary N) is 2. The molecule has 0 radical (unpaired) electrons. The molecule has 1 aliphatic rings. The molecule has 0 aliphatic heterocycles. The number of hydrogen-bond acceptors (Lipinski definition) is 3. The van der Waals surface area contributed by atoms with Gasteiger partial charge in [0.2, 0.25) is 0 Å². The monoisotopic (exact) mass is 243 g/mol. The van der Waals surface area contributed by atoms with Crippen LogP contribution in [0.5, 0.6) is 5.75 Å². The summed E-state index contributed by atoms with van der Waals surface area (Å²) in [4.78, 5) is 0. The number of benzene rings is 1. The summed E-state index contributed by atoms with van der Waals surface area (Å²) in [6.45, 7) is 2.98. The molecule has 1 heterocycles. The standard InChI is InChI=1S/C14H17N3O/c1-3-15-14-12-6-4-9-8-10(18-2)5-7-11(9)13(12)16-17-14/h5,7-8H,3-4,6H2,1-2H3,(H2,15,16,17). The van der Waals surface area contributed by atoms with E-state index in [2.05, 4.69) is 34.6 Å². The van der Waals surface area contributed by atoms with E-state index in [4.69, 9.17) is 4.74 Å². The van der Waals surface area contributed by atoms with Gasteiger partial charge in [-0.1, -0.05) is 0 Å². The van der Waals surface area contributed by atoms with E-state index in [-0.39, 0.29) is 0 Å². The van der Waals surface area contributed by atoms with Crippen LogP contribution in [0.2, 0.25) is 0 Å². The number of hydrogen-bond donors (Lipinski definition) is 2. The highest BCUT2D eigenvalue weighted by atomic mass is 16.5. The topological polar surface area (TPSA) is 49.9 Å². The lowest BCUT2D eigenvalue weighted by molar-refractivity contribution is 0.414. The summed E-state index contributed by atoms with van der Waals surface area (Å²) in [5, 5.41) is 10.8. The zero-order chi connectivity index (χ0) is 12.5. The molecule has 18 heavy (non-hydrogen) atoms. The van der Waals surface area contributed by atoms with Crippen molar-refractivity contribution >= 4 is 5.82 Å². The van der Waals surface area contributed by atoms with Crippen LogP contribution in [0.3, 0.4) is 0 Å². The number of anilines is 1. The molecule has 1 aliphatic carbocycles. The first-order chi connectivity index (χ1) is 8.83. The van der Waals surface area contributed by atoms with E-state index in [9.17, 15) is 0 Å². The summed E-state index contributed by atoms with van der Waals surface area (Å²) in [7, 11) is 1.70. The van der Waals surface area contributed by atoms with Crippen molar-refractivity contribution in [3.8, 4) is 17.0 Å². The van der Waals surface area contributed by atoms with Crippen molar-refractivity contribution in [3.05, 3.63) is 29.3 Å². The quantitative estimate of drug-likeness (QED) is 0.871. The van der Waals surface area contributed by atoms with Crippen LogP contribution in [-0.4, -0.2) is 23.9 Å². The number of nitrogens with zero attached hydrogens (tertiary/aromatic N) is 1. The first-order valence-corrected chi connectivity index (χ1v) is 6.32. The molecule has 0 saturated carbocycles. The summed E-state index contributed by atoms with van der Waals surface area (Å²) in [6.07, 6.45) is 2.06. The second kappa shape index (κ2) is 4.37. The third kappa shape index (κ3) is 1.65. The molecule has 2 aromatic rings. The van der Waals surface area contributed by atoms with Crippen LogP contribution in [0, 0.1) is 0 Å². The van der Waals surface area contributed by atoms with E-state index in [1.807, 2.05) is 6.07 Å². The SMILES string of the molecule is CCNc1n[nH]c2c1CCc1cc(OC)ccc1-2. The predicted octanol–water partition coefficient (Wildman–Crippen LogP) is 2.62. The van der Waals surface area contributed by atoms with Crippen molar-refractivity contribution < 1.29 is 4.74 Å². The van der Waals surface area contributed by atoms with Crippen LogP contribution >= 0.6 is 0 Å². The Morgan fingerprint density at radius 2 is 2.28 bits per heavy atom. The van der Waals surface area contributed by atoms with Gasteiger partial charge < -0.3 is 10.1 Å². The maximum absolute atomic E-state index is 5.27.